The number of aromatic nitrogens is 1. The van der Waals surface area contributed by atoms with E-state index in [0.717, 1.165) is 12.8 Å². The molecule has 0 saturated carbocycles. The van der Waals surface area contributed by atoms with Crippen LogP contribution in [0.1, 0.15) is 43.2 Å². The van der Waals surface area contributed by atoms with Gasteiger partial charge in [0.15, 0.2) is 0 Å². The number of allylic oxidation sites excluding steroid dienone is 8. The number of pyridine rings is 1. The lowest BCUT2D eigenvalue weighted by Crippen LogP contribution is -2.00. The normalized spacial score (nSPS) is 11.8. The predicted octanol–water partition coefficient (Wildman–Crippen LogP) is 9.21. The summed E-state index contributed by atoms with van der Waals surface area (Å²) in [6, 6.07) is 25.3. The summed E-state index contributed by atoms with van der Waals surface area (Å²) in [6.07, 6.45) is 19.4. The van der Waals surface area contributed by atoms with Crippen molar-refractivity contribution in [3.63, 3.8) is 0 Å². The van der Waals surface area contributed by atoms with Gasteiger partial charge in [0.25, 0.3) is 0 Å². The minimum Gasteiger partial charge on any atom is -0.398 e. The summed E-state index contributed by atoms with van der Waals surface area (Å²) in [5, 5.41) is 31.2. The van der Waals surface area contributed by atoms with Crippen LogP contribution in [0.4, 0.5) is 0 Å². The molecule has 0 saturated heterocycles. The van der Waals surface area contributed by atoms with Crippen molar-refractivity contribution < 1.29 is 0 Å². The van der Waals surface area contributed by atoms with Crippen LogP contribution in [-0.2, 0) is 12.8 Å². The van der Waals surface area contributed by atoms with Gasteiger partial charge in [-0.1, -0.05) is 99.3 Å². The topological polar surface area (TPSA) is 136 Å². The number of nitrogens with zero attached hydrogens (tertiary/aromatic N) is 3. The zero-order chi connectivity index (χ0) is 34.2. The van der Waals surface area contributed by atoms with Crippen LogP contribution in [0.5, 0.6) is 0 Å². The molecule has 234 valence electrons. The van der Waals surface area contributed by atoms with E-state index in [2.05, 4.69) is 78.3 Å². The third kappa shape index (κ3) is 9.14. The molecule has 5 N–H and O–H groups in total. The van der Waals surface area contributed by atoms with Crippen LogP contribution in [-0.4, -0.2) is 11.2 Å². The maximum atomic E-state index is 9.27. The summed E-state index contributed by atoms with van der Waals surface area (Å²) in [7, 11) is 0. The highest BCUT2D eigenvalue weighted by molar-refractivity contribution is 6.23. The number of nitriles is 2. The molecule has 0 fully saturated rings. The second-order valence-corrected chi connectivity index (χ2v) is 10.3. The van der Waals surface area contributed by atoms with Gasteiger partial charge in [-0.15, -0.1) is 0 Å². The summed E-state index contributed by atoms with van der Waals surface area (Å²) in [5.41, 5.74) is 17.5. The van der Waals surface area contributed by atoms with Gasteiger partial charge in [0, 0.05) is 36.3 Å². The van der Waals surface area contributed by atoms with Crippen LogP contribution in [0.15, 0.2) is 133 Å². The Morgan fingerprint density at radius 3 is 1.79 bits per heavy atom. The van der Waals surface area contributed by atoms with Crippen molar-refractivity contribution in [3.8, 4) is 12.1 Å². The van der Waals surface area contributed by atoms with Crippen molar-refractivity contribution in [2.24, 2.45) is 11.5 Å². The standard InChI is InChI=1S/C37H31N5.C2H3N.C2H6/c1-25(8-6-18-38)33(40)12-4-2-9-26-20-28-14-16-30-22-27(23-31-17-15-29(21-26)36(28)37(30)31)10-3-5-13-34(41)32-11-7-19-42-35(32)24-39;1-2-3;1-2/h2-8,11-23,38H,1,9-10,40-41H2;1H3;1-2H3/b4-2-,5-3-,8-6-,33-12-,34-13-,38-18?;;. The molecule has 0 spiro atoms. The average molecular weight is 617 g/mol. The van der Waals surface area contributed by atoms with Crippen LogP contribution in [0.25, 0.3) is 38.0 Å². The number of hydrogen-bond donors (Lipinski definition) is 3. The second kappa shape index (κ2) is 17.9. The molecule has 0 aliphatic heterocycles. The van der Waals surface area contributed by atoms with E-state index in [-0.39, 0.29) is 0 Å². The first-order valence-corrected chi connectivity index (χ1v) is 15.4. The van der Waals surface area contributed by atoms with Crippen molar-refractivity contribution in [1.82, 2.24) is 4.98 Å². The zero-order valence-electron chi connectivity index (χ0n) is 27.2. The Morgan fingerprint density at radius 1 is 0.830 bits per heavy atom. The van der Waals surface area contributed by atoms with Gasteiger partial charge in [0.1, 0.15) is 11.8 Å². The van der Waals surface area contributed by atoms with E-state index in [1.807, 2.05) is 38.2 Å². The first-order chi connectivity index (χ1) is 22.9. The molecule has 5 rings (SSSR count). The molecule has 1 heterocycles. The molecule has 6 nitrogen and oxygen atoms in total. The Balaban J connectivity index is 0.00000114. The first-order valence-electron chi connectivity index (χ1n) is 15.4. The third-order valence-corrected chi connectivity index (χ3v) is 7.17. The molecule has 1 aromatic heterocycles. The molecule has 47 heavy (non-hydrogen) atoms. The van der Waals surface area contributed by atoms with E-state index >= 15 is 0 Å². The molecule has 4 aromatic carbocycles. The molecule has 5 aromatic rings. The van der Waals surface area contributed by atoms with E-state index < -0.39 is 0 Å². The molecule has 0 amide bonds. The van der Waals surface area contributed by atoms with Crippen molar-refractivity contribution >= 4 is 44.2 Å². The second-order valence-electron chi connectivity index (χ2n) is 10.3. The zero-order valence-corrected chi connectivity index (χ0v) is 27.2. The molecule has 0 aliphatic rings. The number of benzene rings is 4. The Kier molecular flexibility index (Phi) is 13.4. The van der Waals surface area contributed by atoms with Gasteiger partial charge in [-0.3, -0.25) is 0 Å². The van der Waals surface area contributed by atoms with Crippen LogP contribution in [0.3, 0.4) is 0 Å². The minimum absolute atomic E-state index is 0.323. The Labute approximate surface area is 277 Å². The van der Waals surface area contributed by atoms with E-state index in [4.69, 9.17) is 22.1 Å². The Bertz CT molecular complexity index is 2030. The van der Waals surface area contributed by atoms with Gasteiger partial charge in [0.05, 0.1) is 6.07 Å². The largest absolute Gasteiger partial charge is 0.398 e. The molecule has 6 heteroatoms. The quantitative estimate of drug-likeness (QED) is 0.0816. The van der Waals surface area contributed by atoms with Gasteiger partial charge < -0.3 is 16.9 Å². The van der Waals surface area contributed by atoms with E-state index in [1.165, 1.54) is 56.6 Å². The highest BCUT2D eigenvalue weighted by atomic mass is 14.7. The molecular weight excluding hydrogens is 576 g/mol. The van der Waals surface area contributed by atoms with Crippen molar-refractivity contribution in [3.05, 3.63) is 156 Å². The van der Waals surface area contributed by atoms with Crippen LogP contribution >= 0.6 is 0 Å². The van der Waals surface area contributed by atoms with Gasteiger partial charge in [-0.05, 0) is 92.2 Å². The number of nitrogens with one attached hydrogen (secondary N) is 1. The lowest BCUT2D eigenvalue weighted by Gasteiger charge is -2.13. The monoisotopic (exact) mass is 616 g/mol. The van der Waals surface area contributed by atoms with E-state index in [9.17, 15) is 5.26 Å². The maximum absolute atomic E-state index is 9.27. The molecule has 0 atom stereocenters. The lowest BCUT2D eigenvalue weighted by molar-refractivity contribution is 1.24. The summed E-state index contributed by atoms with van der Waals surface area (Å²) >= 11 is 0. The summed E-state index contributed by atoms with van der Waals surface area (Å²) in [5.74, 6) is 0. The fourth-order valence-electron chi connectivity index (χ4n) is 5.14. The molecule has 0 unspecified atom stereocenters. The van der Waals surface area contributed by atoms with Crippen molar-refractivity contribution in [2.75, 3.05) is 0 Å². The highest BCUT2D eigenvalue weighted by Gasteiger charge is 2.10. The minimum atomic E-state index is 0.323. The van der Waals surface area contributed by atoms with Gasteiger partial charge in [-0.2, -0.15) is 10.5 Å². The van der Waals surface area contributed by atoms with Crippen LogP contribution < -0.4 is 11.5 Å². The summed E-state index contributed by atoms with van der Waals surface area (Å²) in [4.78, 5) is 4.08. The number of hydrogen-bond acceptors (Lipinski definition) is 6. The molecule has 0 bridgehead atoms. The summed E-state index contributed by atoms with van der Waals surface area (Å²) < 4.78 is 0. The molecule has 0 radical (unpaired) electrons. The van der Waals surface area contributed by atoms with E-state index in [1.54, 1.807) is 36.6 Å². The van der Waals surface area contributed by atoms with Gasteiger partial charge in [-0.25, -0.2) is 4.98 Å². The van der Waals surface area contributed by atoms with Crippen molar-refractivity contribution in [2.45, 2.75) is 33.6 Å². The Morgan fingerprint density at radius 2 is 1.32 bits per heavy atom. The van der Waals surface area contributed by atoms with Gasteiger partial charge in [0.2, 0.25) is 0 Å². The fraction of sp³-hybridized carbons (Fsp3) is 0.122. The first kappa shape index (κ1) is 35.2. The summed E-state index contributed by atoms with van der Waals surface area (Å²) in [6.45, 7) is 9.35. The maximum Gasteiger partial charge on any atom is 0.149 e. The highest BCUT2D eigenvalue weighted by Crippen LogP contribution is 2.36. The van der Waals surface area contributed by atoms with Gasteiger partial charge >= 0.3 is 0 Å². The Hall–Kier alpha value is -6.24. The number of rotatable bonds is 10. The van der Waals surface area contributed by atoms with Crippen LogP contribution in [0, 0.1) is 28.1 Å². The third-order valence-electron chi connectivity index (χ3n) is 7.17. The van der Waals surface area contributed by atoms with Crippen LogP contribution in [0.2, 0.25) is 0 Å². The SMILES string of the molecule is C=C(/C=C\C=N)/C(N)=C/C=C\Cc1cc2ccc3cc(C/C=C\C=C(/N)c4cccnc4C#N)cc4ccc(c1)c2c34.CC.CC#N. The molecular formula is C41H40N6. The molecule has 0 aliphatic carbocycles. The number of nitrogens with two attached hydrogens (primary N) is 2. The van der Waals surface area contributed by atoms with E-state index in [0.29, 0.717) is 28.2 Å². The fourth-order valence-corrected chi connectivity index (χ4v) is 5.14. The van der Waals surface area contributed by atoms with Crippen molar-refractivity contribution in [1.29, 1.82) is 15.9 Å². The lowest BCUT2D eigenvalue weighted by atomic mass is 9.91. The average Bonchev–Trinajstić information content (AvgIpc) is 3.10. The predicted molar refractivity (Wildman–Crippen MR) is 199 cm³/mol. The smallest absolute Gasteiger partial charge is 0.149 e.